The summed E-state index contributed by atoms with van der Waals surface area (Å²) in [6, 6.07) is 6.72. The lowest BCUT2D eigenvalue weighted by atomic mass is 10.0. The van der Waals surface area contributed by atoms with Crippen molar-refractivity contribution >= 4 is 17.1 Å². The van der Waals surface area contributed by atoms with E-state index in [2.05, 4.69) is 0 Å². The smallest absolute Gasteiger partial charge is 0.317 e. The normalized spacial score (nSPS) is 13.3. The summed E-state index contributed by atoms with van der Waals surface area (Å²) in [5, 5.41) is 1.79. The van der Waals surface area contributed by atoms with Gasteiger partial charge in [0.25, 0.3) is 0 Å². The molecular formula is C13H10F3NOS. The second-order valence-corrected chi connectivity index (χ2v) is 4.91. The van der Waals surface area contributed by atoms with E-state index in [1.807, 2.05) is 0 Å². The molecule has 2 aromatic rings. The van der Waals surface area contributed by atoms with Gasteiger partial charge < -0.3 is 5.73 Å². The molecule has 1 aromatic carbocycles. The summed E-state index contributed by atoms with van der Waals surface area (Å²) in [5.74, 6) is -0.392. The van der Waals surface area contributed by atoms with Gasteiger partial charge in [-0.2, -0.15) is 13.2 Å². The summed E-state index contributed by atoms with van der Waals surface area (Å²) in [7, 11) is 0. The Morgan fingerprint density at radius 2 is 1.79 bits per heavy atom. The summed E-state index contributed by atoms with van der Waals surface area (Å²) in [6.45, 7) is 0. The standard InChI is InChI=1S/C13H10F3NOS/c14-13(15,16)9-5-3-8(4-6-9)12(18)11(17)10-2-1-7-19-10/h1-7,11H,17H2. The van der Waals surface area contributed by atoms with Gasteiger partial charge in [-0.25, -0.2) is 0 Å². The summed E-state index contributed by atoms with van der Waals surface area (Å²) < 4.78 is 37.2. The molecule has 100 valence electrons. The summed E-state index contributed by atoms with van der Waals surface area (Å²) in [6.07, 6.45) is -4.41. The lowest BCUT2D eigenvalue weighted by Crippen LogP contribution is -2.20. The molecule has 0 amide bonds. The van der Waals surface area contributed by atoms with Gasteiger partial charge >= 0.3 is 6.18 Å². The molecule has 1 atom stereocenters. The number of hydrogen-bond acceptors (Lipinski definition) is 3. The number of rotatable bonds is 3. The van der Waals surface area contributed by atoms with E-state index in [4.69, 9.17) is 5.73 Å². The highest BCUT2D eigenvalue weighted by Crippen LogP contribution is 2.29. The molecule has 0 fully saturated rings. The van der Waals surface area contributed by atoms with Crippen molar-refractivity contribution in [3.63, 3.8) is 0 Å². The van der Waals surface area contributed by atoms with Crippen LogP contribution in [0.1, 0.15) is 26.8 Å². The average molecular weight is 285 g/mol. The van der Waals surface area contributed by atoms with Gasteiger partial charge in [0.1, 0.15) is 6.04 Å². The molecule has 0 saturated carbocycles. The zero-order chi connectivity index (χ0) is 14.0. The van der Waals surface area contributed by atoms with Crippen LogP contribution in [-0.4, -0.2) is 5.78 Å². The topological polar surface area (TPSA) is 43.1 Å². The minimum Gasteiger partial charge on any atom is -0.317 e. The minimum absolute atomic E-state index is 0.175. The van der Waals surface area contributed by atoms with Crippen LogP contribution in [0.15, 0.2) is 41.8 Å². The Labute approximate surface area is 111 Å². The van der Waals surface area contributed by atoms with Crippen LogP contribution < -0.4 is 5.73 Å². The van der Waals surface area contributed by atoms with E-state index in [-0.39, 0.29) is 5.56 Å². The zero-order valence-electron chi connectivity index (χ0n) is 9.65. The van der Waals surface area contributed by atoms with Crippen molar-refractivity contribution in [2.75, 3.05) is 0 Å². The number of alkyl halides is 3. The Balaban J connectivity index is 2.21. The molecule has 2 N–H and O–H groups in total. The molecule has 0 spiro atoms. The molecule has 2 nitrogen and oxygen atoms in total. The summed E-state index contributed by atoms with van der Waals surface area (Å²) in [4.78, 5) is 12.7. The fourth-order valence-electron chi connectivity index (χ4n) is 1.60. The summed E-state index contributed by atoms with van der Waals surface area (Å²) >= 11 is 1.34. The Hall–Kier alpha value is -1.66. The Bertz CT molecular complexity index is 561. The van der Waals surface area contributed by atoms with Crippen molar-refractivity contribution in [1.82, 2.24) is 0 Å². The van der Waals surface area contributed by atoms with Crippen LogP contribution >= 0.6 is 11.3 Å². The molecule has 2 rings (SSSR count). The molecule has 0 saturated heterocycles. The zero-order valence-corrected chi connectivity index (χ0v) is 10.5. The highest BCUT2D eigenvalue weighted by Gasteiger charge is 2.30. The number of Topliss-reactive ketones (excluding diaryl/α,β-unsaturated/α-hetero) is 1. The van der Waals surface area contributed by atoms with Gasteiger partial charge in [0, 0.05) is 10.4 Å². The van der Waals surface area contributed by atoms with Gasteiger partial charge in [-0.1, -0.05) is 18.2 Å². The van der Waals surface area contributed by atoms with Gasteiger partial charge in [-0.15, -0.1) is 11.3 Å². The second-order valence-electron chi connectivity index (χ2n) is 3.93. The van der Waals surface area contributed by atoms with E-state index in [1.165, 1.54) is 11.3 Å². The molecule has 1 heterocycles. The van der Waals surface area contributed by atoms with Crippen LogP contribution in [-0.2, 0) is 6.18 Å². The van der Waals surface area contributed by atoms with Gasteiger partial charge in [0.2, 0.25) is 0 Å². The fourth-order valence-corrected chi connectivity index (χ4v) is 2.33. The van der Waals surface area contributed by atoms with Crippen molar-refractivity contribution in [3.8, 4) is 0 Å². The largest absolute Gasteiger partial charge is 0.416 e. The molecular weight excluding hydrogens is 275 g/mol. The van der Waals surface area contributed by atoms with Crippen molar-refractivity contribution in [2.24, 2.45) is 5.73 Å². The van der Waals surface area contributed by atoms with E-state index >= 15 is 0 Å². The number of nitrogens with two attached hydrogens (primary N) is 1. The Kier molecular flexibility index (Phi) is 3.73. The van der Waals surface area contributed by atoms with Gasteiger partial charge in [0.15, 0.2) is 5.78 Å². The van der Waals surface area contributed by atoms with E-state index in [0.717, 1.165) is 24.3 Å². The fraction of sp³-hybridized carbons (Fsp3) is 0.154. The van der Waals surface area contributed by atoms with Crippen LogP contribution in [0.3, 0.4) is 0 Å². The van der Waals surface area contributed by atoms with Gasteiger partial charge in [-0.3, -0.25) is 4.79 Å². The van der Waals surface area contributed by atoms with E-state index < -0.39 is 23.6 Å². The number of benzene rings is 1. The number of hydrogen-bond donors (Lipinski definition) is 1. The number of carbonyl (C=O) groups excluding carboxylic acids is 1. The van der Waals surface area contributed by atoms with E-state index in [1.54, 1.807) is 17.5 Å². The Morgan fingerprint density at radius 3 is 2.26 bits per heavy atom. The number of carbonyl (C=O) groups is 1. The highest BCUT2D eigenvalue weighted by atomic mass is 32.1. The quantitative estimate of drug-likeness (QED) is 0.875. The van der Waals surface area contributed by atoms with Gasteiger partial charge in [-0.05, 0) is 23.6 Å². The number of ketones is 1. The van der Waals surface area contributed by atoms with E-state index in [9.17, 15) is 18.0 Å². The van der Waals surface area contributed by atoms with Crippen molar-refractivity contribution in [1.29, 1.82) is 0 Å². The first-order valence-corrected chi connectivity index (χ1v) is 6.28. The highest BCUT2D eigenvalue weighted by molar-refractivity contribution is 7.10. The molecule has 1 unspecified atom stereocenters. The third-order valence-electron chi connectivity index (χ3n) is 2.63. The van der Waals surface area contributed by atoms with Crippen LogP contribution in [0.2, 0.25) is 0 Å². The molecule has 0 aliphatic rings. The first kappa shape index (κ1) is 13.8. The monoisotopic (exact) mass is 285 g/mol. The third-order valence-corrected chi connectivity index (χ3v) is 3.58. The molecule has 0 bridgehead atoms. The SMILES string of the molecule is NC(C(=O)c1ccc(C(F)(F)F)cc1)c1cccs1. The molecule has 0 aliphatic heterocycles. The predicted octanol–water partition coefficient (Wildman–Crippen LogP) is 3.65. The first-order chi connectivity index (χ1) is 8.89. The number of thiophene rings is 1. The minimum atomic E-state index is -4.41. The first-order valence-electron chi connectivity index (χ1n) is 5.40. The summed E-state index contributed by atoms with van der Waals surface area (Å²) in [5.41, 5.74) is 5.17. The van der Waals surface area contributed by atoms with Crippen LogP contribution in [0, 0.1) is 0 Å². The van der Waals surface area contributed by atoms with Crippen LogP contribution in [0.4, 0.5) is 13.2 Å². The van der Waals surface area contributed by atoms with Crippen molar-refractivity contribution in [2.45, 2.75) is 12.2 Å². The molecule has 19 heavy (non-hydrogen) atoms. The second kappa shape index (κ2) is 5.14. The maximum Gasteiger partial charge on any atom is 0.416 e. The Morgan fingerprint density at radius 1 is 1.16 bits per heavy atom. The molecule has 0 aliphatic carbocycles. The molecule has 1 aromatic heterocycles. The van der Waals surface area contributed by atoms with Crippen LogP contribution in [0.5, 0.6) is 0 Å². The van der Waals surface area contributed by atoms with Crippen molar-refractivity contribution in [3.05, 3.63) is 57.8 Å². The third kappa shape index (κ3) is 3.02. The lowest BCUT2D eigenvalue weighted by molar-refractivity contribution is -0.137. The van der Waals surface area contributed by atoms with Crippen molar-refractivity contribution < 1.29 is 18.0 Å². The molecule has 6 heteroatoms. The maximum absolute atomic E-state index is 12.4. The number of halogens is 3. The molecule has 0 radical (unpaired) electrons. The average Bonchev–Trinajstić information content (AvgIpc) is 2.90. The lowest BCUT2D eigenvalue weighted by Gasteiger charge is -2.10. The maximum atomic E-state index is 12.4. The van der Waals surface area contributed by atoms with Gasteiger partial charge in [0.05, 0.1) is 5.56 Å². The predicted molar refractivity (Wildman–Crippen MR) is 67.0 cm³/mol. The van der Waals surface area contributed by atoms with E-state index in [0.29, 0.717) is 4.88 Å². The van der Waals surface area contributed by atoms with Crippen LogP contribution in [0.25, 0.3) is 0 Å².